The lowest BCUT2D eigenvalue weighted by atomic mass is 9.97. The molecule has 1 aromatic rings. The summed E-state index contributed by atoms with van der Waals surface area (Å²) in [7, 11) is 0. The Morgan fingerprint density at radius 1 is 1.33 bits per heavy atom. The van der Waals surface area contributed by atoms with Crippen molar-refractivity contribution in [2.45, 2.75) is 71.7 Å². The zero-order valence-corrected chi connectivity index (χ0v) is 15.6. The number of benzene rings is 1. The zero-order valence-electron chi connectivity index (χ0n) is 15.6. The summed E-state index contributed by atoms with van der Waals surface area (Å²) >= 11 is 0. The third-order valence-corrected chi connectivity index (χ3v) is 3.84. The minimum atomic E-state index is -0.527. The van der Waals surface area contributed by atoms with Crippen LogP contribution in [-0.2, 0) is 11.2 Å². The molecule has 1 aliphatic heterocycles. The van der Waals surface area contributed by atoms with Gasteiger partial charge in [0.25, 0.3) is 0 Å². The molecule has 1 heterocycles. The molecular weight excluding hydrogens is 302 g/mol. The molecule has 1 atom stereocenters. The Morgan fingerprint density at radius 2 is 1.96 bits per heavy atom. The van der Waals surface area contributed by atoms with E-state index in [1.807, 2.05) is 50.9 Å². The predicted molar refractivity (Wildman–Crippen MR) is 96.9 cm³/mol. The number of carbonyl (C=O) groups is 1. The van der Waals surface area contributed by atoms with E-state index in [9.17, 15) is 4.79 Å². The Balaban J connectivity index is 2.20. The zero-order chi connectivity index (χ0) is 18.0. The topological polar surface area (TPSA) is 53.9 Å². The Kier molecular flexibility index (Phi) is 5.21. The smallest absolute Gasteiger partial charge is 0.409 e. The summed E-state index contributed by atoms with van der Waals surface area (Å²) in [6, 6.07) is 10.1. The van der Waals surface area contributed by atoms with Crippen LogP contribution in [0.3, 0.4) is 0 Å². The average Bonchev–Trinajstić information content (AvgIpc) is 2.70. The van der Waals surface area contributed by atoms with E-state index in [2.05, 4.69) is 36.4 Å². The molecule has 0 radical (unpaired) electrons. The van der Waals surface area contributed by atoms with Crippen molar-refractivity contribution in [1.29, 1.82) is 0 Å². The molecule has 2 rings (SSSR count). The van der Waals surface area contributed by atoms with Gasteiger partial charge in [0.1, 0.15) is 11.8 Å². The lowest BCUT2D eigenvalue weighted by Crippen LogP contribution is -2.54. The van der Waals surface area contributed by atoms with E-state index >= 15 is 0 Å². The highest BCUT2D eigenvalue weighted by Gasteiger charge is 2.38. The van der Waals surface area contributed by atoms with Crippen molar-refractivity contribution in [2.24, 2.45) is 5.10 Å². The van der Waals surface area contributed by atoms with Crippen LogP contribution in [0, 0.1) is 0 Å². The maximum atomic E-state index is 12.3. The minimum Gasteiger partial charge on any atom is -0.444 e. The number of rotatable bonds is 4. The average molecular weight is 331 g/mol. The molecule has 0 bridgehead atoms. The van der Waals surface area contributed by atoms with E-state index in [0.29, 0.717) is 6.42 Å². The second-order valence-corrected chi connectivity index (χ2v) is 8.02. The van der Waals surface area contributed by atoms with E-state index in [-0.39, 0.29) is 11.7 Å². The predicted octanol–water partition coefficient (Wildman–Crippen LogP) is 3.94. The van der Waals surface area contributed by atoms with E-state index in [4.69, 9.17) is 4.74 Å². The van der Waals surface area contributed by atoms with Gasteiger partial charge in [-0.1, -0.05) is 30.3 Å². The molecule has 1 unspecified atom stereocenters. The van der Waals surface area contributed by atoms with Crippen LogP contribution in [0.2, 0.25) is 0 Å². The Hall–Kier alpha value is -2.04. The van der Waals surface area contributed by atoms with Crippen molar-refractivity contribution < 1.29 is 9.53 Å². The van der Waals surface area contributed by atoms with Gasteiger partial charge in [0.05, 0.1) is 5.54 Å². The van der Waals surface area contributed by atoms with Gasteiger partial charge in [-0.25, -0.2) is 4.79 Å². The Labute approximate surface area is 145 Å². The normalized spacial score (nSPS) is 18.1. The highest BCUT2D eigenvalue weighted by atomic mass is 16.6. The fourth-order valence-electron chi connectivity index (χ4n) is 3.03. The third kappa shape index (κ3) is 4.98. The van der Waals surface area contributed by atoms with E-state index in [0.717, 1.165) is 17.7 Å². The van der Waals surface area contributed by atoms with Gasteiger partial charge in [0, 0.05) is 18.6 Å². The number of nitrogens with one attached hydrogen (secondary N) is 1. The molecule has 132 valence electrons. The number of hydrogen-bond donors (Lipinski definition) is 1. The molecule has 0 saturated heterocycles. The summed E-state index contributed by atoms with van der Waals surface area (Å²) in [6.45, 7) is 11.9. The summed E-state index contributed by atoms with van der Waals surface area (Å²) < 4.78 is 5.44. The molecule has 0 fully saturated rings. The van der Waals surface area contributed by atoms with E-state index in [1.165, 1.54) is 0 Å². The molecule has 1 aliphatic rings. The van der Waals surface area contributed by atoms with Crippen molar-refractivity contribution in [3.05, 3.63) is 35.9 Å². The number of alkyl carbamates (subject to hydrolysis) is 1. The van der Waals surface area contributed by atoms with Crippen LogP contribution in [-0.4, -0.2) is 34.1 Å². The van der Waals surface area contributed by atoms with Crippen LogP contribution < -0.4 is 5.32 Å². The molecule has 1 aromatic carbocycles. The number of nitrogens with zero attached hydrogens (tertiary/aromatic N) is 2. The highest BCUT2D eigenvalue weighted by Crippen LogP contribution is 2.29. The summed E-state index contributed by atoms with van der Waals surface area (Å²) in [5.41, 5.74) is 1.55. The number of carbonyl (C=O) groups excluding carboxylic acids is 1. The van der Waals surface area contributed by atoms with E-state index < -0.39 is 11.7 Å². The number of ether oxygens (including phenoxy) is 1. The van der Waals surface area contributed by atoms with Crippen molar-refractivity contribution in [3.63, 3.8) is 0 Å². The SMILES string of the molecule is CC1=NN(C(Cc2ccccc2)NC(=O)OC(C)(C)C)C(C)(C)C1. The van der Waals surface area contributed by atoms with Gasteiger partial charge in [0.15, 0.2) is 0 Å². The largest absolute Gasteiger partial charge is 0.444 e. The van der Waals surface area contributed by atoms with E-state index in [1.54, 1.807) is 0 Å². The molecule has 0 spiro atoms. The van der Waals surface area contributed by atoms with Crippen LogP contribution in [0.15, 0.2) is 35.4 Å². The van der Waals surface area contributed by atoms with Crippen LogP contribution in [0.5, 0.6) is 0 Å². The molecule has 0 aliphatic carbocycles. The lowest BCUT2D eigenvalue weighted by molar-refractivity contribution is 0.0290. The van der Waals surface area contributed by atoms with Gasteiger partial charge < -0.3 is 4.74 Å². The fourth-order valence-corrected chi connectivity index (χ4v) is 3.03. The number of hydrazone groups is 1. The van der Waals surface area contributed by atoms with Crippen molar-refractivity contribution in [2.75, 3.05) is 0 Å². The first-order chi connectivity index (χ1) is 11.1. The first-order valence-electron chi connectivity index (χ1n) is 8.44. The van der Waals surface area contributed by atoms with Gasteiger partial charge in [-0.05, 0) is 47.1 Å². The maximum absolute atomic E-state index is 12.3. The summed E-state index contributed by atoms with van der Waals surface area (Å²) in [5.74, 6) is 0. The van der Waals surface area contributed by atoms with Crippen LogP contribution in [0.1, 0.15) is 53.5 Å². The van der Waals surface area contributed by atoms with Crippen LogP contribution in [0.25, 0.3) is 0 Å². The standard InChI is InChI=1S/C19H29N3O2/c1-14-13-19(5,6)22(21-14)16(12-15-10-8-7-9-11-15)20-17(23)24-18(2,3)4/h7-11,16H,12-13H2,1-6H3,(H,20,23). The Bertz CT molecular complexity index is 603. The first-order valence-corrected chi connectivity index (χ1v) is 8.44. The van der Waals surface area contributed by atoms with Gasteiger partial charge >= 0.3 is 6.09 Å². The molecule has 5 nitrogen and oxygen atoms in total. The van der Waals surface area contributed by atoms with Gasteiger partial charge in [-0.2, -0.15) is 5.10 Å². The molecule has 0 saturated carbocycles. The summed E-state index contributed by atoms with van der Waals surface area (Å²) in [5, 5.41) is 9.66. The maximum Gasteiger partial charge on any atom is 0.409 e. The second kappa shape index (κ2) is 6.83. The molecular formula is C19H29N3O2. The van der Waals surface area contributed by atoms with Gasteiger partial charge in [-0.3, -0.25) is 10.3 Å². The molecule has 5 heteroatoms. The van der Waals surface area contributed by atoms with Gasteiger partial charge in [0.2, 0.25) is 0 Å². The first kappa shape index (κ1) is 18.3. The Morgan fingerprint density at radius 3 is 2.46 bits per heavy atom. The molecule has 0 aromatic heterocycles. The molecule has 24 heavy (non-hydrogen) atoms. The number of amides is 1. The summed E-state index contributed by atoms with van der Waals surface area (Å²) in [6.07, 6.45) is 0.878. The third-order valence-electron chi connectivity index (χ3n) is 3.84. The summed E-state index contributed by atoms with van der Waals surface area (Å²) in [4.78, 5) is 12.3. The monoisotopic (exact) mass is 331 g/mol. The minimum absolute atomic E-state index is 0.140. The molecule has 1 amide bonds. The van der Waals surface area contributed by atoms with Crippen molar-refractivity contribution in [1.82, 2.24) is 10.3 Å². The highest BCUT2D eigenvalue weighted by molar-refractivity contribution is 5.84. The van der Waals surface area contributed by atoms with Crippen molar-refractivity contribution >= 4 is 11.8 Å². The van der Waals surface area contributed by atoms with Crippen LogP contribution >= 0.6 is 0 Å². The second-order valence-electron chi connectivity index (χ2n) is 8.02. The van der Waals surface area contributed by atoms with Gasteiger partial charge in [-0.15, -0.1) is 0 Å². The number of hydrogen-bond acceptors (Lipinski definition) is 4. The quantitative estimate of drug-likeness (QED) is 0.909. The van der Waals surface area contributed by atoms with Crippen molar-refractivity contribution in [3.8, 4) is 0 Å². The molecule has 1 N–H and O–H groups in total. The lowest BCUT2D eigenvalue weighted by Gasteiger charge is -2.38. The fraction of sp³-hybridized carbons (Fsp3) is 0.579. The van der Waals surface area contributed by atoms with Crippen LogP contribution in [0.4, 0.5) is 4.79 Å².